The third-order valence-electron chi connectivity index (χ3n) is 8.82. The van der Waals surface area contributed by atoms with E-state index in [1.54, 1.807) is 14.0 Å². The number of ether oxygens (including phenoxy) is 7. The Morgan fingerprint density at radius 2 is 1.73 bits per heavy atom. The fourth-order valence-corrected chi connectivity index (χ4v) is 6.40. The number of hydrogen-bond donors (Lipinski definition) is 1. The number of methoxy groups -OCH3 is 1. The summed E-state index contributed by atoms with van der Waals surface area (Å²) in [5.74, 6) is 1.37. The van der Waals surface area contributed by atoms with Gasteiger partial charge in [-0.05, 0) is 62.1 Å². The lowest BCUT2D eigenvalue weighted by molar-refractivity contribution is -0.209. The highest BCUT2D eigenvalue weighted by atomic mass is 16.7. The number of ketones is 1. The van der Waals surface area contributed by atoms with Crippen LogP contribution in [0.3, 0.4) is 0 Å². The largest absolute Gasteiger partial charge is 0.507 e. The van der Waals surface area contributed by atoms with Crippen molar-refractivity contribution in [2.24, 2.45) is 11.8 Å². The van der Waals surface area contributed by atoms with Crippen molar-refractivity contribution in [2.45, 2.75) is 51.9 Å². The standard InChI is InChI=1S/C32H32O9/c1-5-16(2)28(33)27-29(34)17(3)30(35-4)21-11-20-13-24(18-6-8-22-25(10-18)38-14-36-22)40-32(20,41-31(21)27)19-7-9-23-26(12-19)39-15-37-23/h6-10,12,16,20,24,34H,5,11,13-15H2,1-4H3/t16?,20-,24-,32?/m0/s1. The van der Waals surface area contributed by atoms with Crippen LogP contribution >= 0.6 is 0 Å². The molecule has 1 N–H and O–H groups in total. The molecule has 7 rings (SSSR count). The Morgan fingerprint density at radius 1 is 1.05 bits per heavy atom. The van der Waals surface area contributed by atoms with Gasteiger partial charge in [-0.3, -0.25) is 4.79 Å². The summed E-state index contributed by atoms with van der Waals surface area (Å²) < 4.78 is 42.1. The predicted molar refractivity (Wildman–Crippen MR) is 146 cm³/mol. The Hall–Kier alpha value is -4.11. The van der Waals surface area contributed by atoms with Crippen LogP contribution in [0, 0.1) is 18.8 Å². The molecule has 0 radical (unpaired) electrons. The van der Waals surface area contributed by atoms with Crippen molar-refractivity contribution < 1.29 is 43.1 Å². The quantitative estimate of drug-likeness (QED) is 0.366. The molecule has 4 aliphatic rings. The van der Waals surface area contributed by atoms with Gasteiger partial charge in [0.1, 0.15) is 22.8 Å². The molecule has 1 fully saturated rings. The van der Waals surface area contributed by atoms with Crippen LogP contribution in [0.25, 0.3) is 0 Å². The van der Waals surface area contributed by atoms with E-state index in [0.29, 0.717) is 59.3 Å². The van der Waals surface area contributed by atoms with Gasteiger partial charge >= 0.3 is 0 Å². The van der Waals surface area contributed by atoms with E-state index < -0.39 is 5.79 Å². The predicted octanol–water partition coefficient (Wildman–Crippen LogP) is 5.96. The van der Waals surface area contributed by atoms with Crippen LogP contribution in [0.5, 0.6) is 40.2 Å². The first-order valence-electron chi connectivity index (χ1n) is 14.0. The average molecular weight is 561 g/mol. The molecule has 4 heterocycles. The second-order valence-corrected chi connectivity index (χ2v) is 11.1. The molecule has 0 aromatic heterocycles. The number of rotatable bonds is 6. The van der Waals surface area contributed by atoms with E-state index in [4.69, 9.17) is 33.2 Å². The van der Waals surface area contributed by atoms with Crippen LogP contribution < -0.4 is 28.4 Å². The molecule has 0 saturated carbocycles. The van der Waals surface area contributed by atoms with Gasteiger partial charge in [0.15, 0.2) is 28.8 Å². The first-order chi connectivity index (χ1) is 19.8. The minimum absolute atomic E-state index is 0.129. The summed E-state index contributed by atoms with van der Waals surface area (Å²) in [5.41, 5.74) is 3.11. The maximum absolute atomic E-state index is 13.7. The summed E-state index contributed by atoms with van der Waals surface area (Å²) in [6, 6.07) is 11.4. The van der Waals surface area contributed by atoms with E-state index in [1.807, 2.05) is 50.2 Å². The fraction of sp³-hybridized carbons (Fsp3) is 0.406. The number of aromatic hydroxyl groups is 1. The van der Waals surface area contributed by atoms with Crippen molar-refractivity contribution in [1.82, 2.24) is 0 Å². The van der Waals surface area contributed by atoms with Crippen molar-refractivity contribution in [3.63, 3.8) is 0 Å². The fourth-order valence-electron chi connectivity index (χ4n) is 6.40. The Labute approximate surface area is 237 Å². The molecule has 9 nitrogen and oxygen atoms in total. The van der Waals surface area contributed by atoms with Gasteiger partial charge in [0.25, 0.3) is 0 Å². The first kappa shape index (κ1) is 25.8. The van der Waals surface area contributed by atoms with Gasteiger partial charge in [-0.15, -0.1) is 0 Å². The summed E-state index contributed by atoms with van der Waals surface area (Å²) in [6.45, 7) is 5.89. The Balaban J connectivity index is 1.40. The highest BCUT2D eigenvalue weighted by Crippen LogP contribution is 2.60. The summed E-state index contributed by atoms with van der Waals surface area (Å²) in [5, 5.41) is 11.3. The zero-order valence-electron chi connectivity index (χ0n) is 23.4. The molecular weight excluding hydrogens is 528 g/mol. The number of carbonyl (C=O) groups excluding carboxylic acids is 1. The number of benzene rings is 3. The summed E-state index contributed by atoms with van der Waals surface area (Å²) in [4.78, 5) is 13.7. The van der Waals surface area contributed by atoms with Crippen molar-refractivity contribution in [2.75, 3.05) is 20.7 Å². The molecule has 0 amide bonds. The van der Waals surface area contributed by atoms with Crippen molar-refractivity contribution in [3.05, 3.63) is 64.2 Å². The lowest BCUT2D eigenvalue weighted by Gasteiger charge is -2.41. The molecule has 41 heavy (non-hydrogen) atoms. The molecule has 9 heteroatoms. The van der Waals surface area contributed by atoms with Gasteiger partial charge in [-0.1, -0.05) is 19.9 Å². The van der Waals surface area contributed by atoms with Crippen LogP contribution in [0.15, 0.2) is 36.4 Å². The third kappa shape index (κ3) is 3.82. The monoisotopic (exact) mass is 560 g/mol. The molecule has 2 unspecified atom stereocenters. The van der Waals surface area contributed by atoms with Crippen LogP contribution in [0.4, 0.5) is 0 Å². The summed E-state index contributed by atoms with van der Waals surface area (Å²) >= 11 is 0. The maximum Gasteiger partial charge on any atom is 0.241 e. The lowest BCUT2D eigenvalue weighted by Crippen LogP contribution is -2.43. The minimum Gasteiger partial charge on any atom is -0.507 e. The van der Waals surface area contributed by atoms with E-state index in [-0.39, 0.29) is 48.6 Å². The van der Waals surface area contributed by atoms with E-state index in [2.05, 4.69) is 0 Å². The highest BCUT2D eigenvalue weighted by Gasteiger charge is 2.57. The van der Waals surface area contributed by atoms with Crippen LogP contribution in [-0.4, -0.2) is 31.6 Å². The topological polar surface area (TPSA) is 102 Å². The summed E-state index contributed by atoms with van der Waals surface area (Å²) in [7, 11) is 1.57. The first-order valence-corrected chi connectivity index (χ1v) is 14.0. The Bertz CT molecular complexity index is 1560. The van der Waals surface area contributed by atoms with Gasteiger partial charge in [-0.25, -0.2) is 0 Å². The van der Waals surface area contributed by atoms with E-state index in [9.17, 15) is 9.90 Å². The number of carbonyl (C=O) groups is 1. The number of Topliss-reactive ketones (excluding diaryl/α,β-unsaturated/α-hetero) is 1. The Kier molecular flexibility index (Phi) is 5.97. The molecule has 3 aromatic rings. The van der Waals surface area contributed by atoms with Gasteiger partial charge < -0.3 is 38.3 Å². The highest BCUT2D eigenvalue weighted by molar-refractivity contribution is 6.04. The molecule has 0 aliphatic carbocycles. The van der Waals surface area contributed by atoms with E-state index in [1.165, 1.54) is 0 Å². The average Bonchev–Trinajstić information content (AvgIpc) is 3.74. The maximum atomic E-state index is 13.7. The van der Waals surface area contributed by atoms with Crippen molar-refractivity contribution in [3.8, 4) is 40.2 Å². The van der Waals surface area contributed by atoms with E-state index >= 15 is 0 Å². The second-order valence-electron chi connectivity index (χ2n) is 11.1. The second kappa shape index (κ2) is 9.48. The number of phenolic OH excluding ortho intramolecular Hbond substituents is 1. The molecule has 214 valence electrons. The van der Waals surface area contributed by atoms with Crippen molar-refractivity contribution in [1.29, 1.82) is 0 Å². The zero-order chi connectivity index (χ0) is 28.5. The molecule has 4 aliphatic heterocycles. The smallest absolute Gasteiger partial charge is 0.241 e. The lowest BCUT2D eigenvalue weighted by atomic mass is 9.79. The number of hydrogen-bond acceptors (Lipinski definition) is 9. The molecule has 4 atom stereocenters. The van der Waals surface area contributed by atoms with E-state index in [0.717, 1.165) is 16.7 Å². The molecule has 1 saturated heterocycles. The normalized spacial score (nSPS) is 23.9. The van der Waals surface area contributed by atoms with Crippen LogP contribution in [-0.2, 0) is 16.9 Å². The SMILES string of the molecule is CCC(C)C(=O)c1c(O)c(C)c(OC)c2c1OC1(c3ccc4c(c3)OCO4)O[C@H](c3ccc4c(c3)OCO4)C[C@@H]1C2. The van der Waals surface area contributed by atoms with Crippen molar-refractivity contribution >= 4 is 5.78 Å². The van der Waals surface area contributed by atoms with Gasteiger partial charge in [0.2, 0.25) is 19.4 Å². The summed E-state index contributed by atoms with van der Waals surface area (Å²) in [6.07, 6.45) is 1.42. The third-order valence-corrected chi connectivity index (χ3v) is 8.82. The Morgan fingerprint density at radius 3 is 2.44 bits per heavy atom. The minimum atomic E-state index is -1.27. The van der Waals surface area contributed by atoms with Gasteiger partial charge in [0.05, 0.1) is 13.2 Å². The zero-order valence-corrected chi connectivity index (χ0v) is 23.4. The van der Waals surface area contributed by atoms with Crippen LogP contribution in [0.1, 0.15) is 65.4 Å². The van der Waals surface area contributed by atoms with Gasteiger partial charge in [0, 0.05) is 28.5 Å². The number of phenols is 1. The van der Waals surface area contributed by atoms with Crippen LogP contribution in [0.2, 0.25) is 0 Å². The molecular formula is C32H32O9. The number of fused-ring (bicyclic) bond motifs is 4. The molecule has 3 aromatic carbocycles. The molecule has 0 spiro atoms. The van der Waals surface area contributed by atoms with Gasteiger partial charge in [-0.2, -0.15) is 0 Å². The molecule has 0 bridgehead atoms.